The molecule has 0 aromatic heterocycles. The lowest BCUT2D eigenvalue weighted by Gasteiger charge is -2.22. The highest BCUT2D eigenvalue weighted by Gasteiger charge is 2.41. The molecule has 1 unspecified atom stereocenters. The molecule has 1 aliphatic rings. The van der Waals surface area contributed by atoms with Crippen molar-refractivity contribution in [3.8, 4) is 0 Å². The van der Waals surface area contributed by atoms with Gasteiger partial charge in [-0.2, -0.15) is 13.3 Å². The van der Waals surface area contributed by atoms with Crippen LogP contribution in [-0.2, 0) is 10.2 Å². The van der Waals surface area contributed by atoms with E-state index in [1.165, 1.54) is 8.61 Å². The Bertz CT molecular complexity index is 842. The van der Waals surface area contributed by atoms with Crippen molar-refractivity contribution >= 4 is 27.3 Å². The van der Waals surface area contributed by atoms with E-state index in [9.17, 15) is 13.3 Å². The zero-order chi connectivity index (χ0) is 17.9. The first-order valence-corrected chi connectivity index (χ1v) is 9.43. The second kappa shape index (κ2) is 7.20. The molecule has 1 aliphatic heterocycles. The van der Waals surface area contributed by atoms with Crippen LogP contribution >= 0.6 is 0 Å². The molecule has 0 saturated heterocycles. The molecule has 0 saturated carbocycles. The smallest absolute Gasteiger partial charge is 0.317 e. The number of likely N-dealkylation sites (N-methyl/N-ethyl adjacent to an activating group) is 1. The molecule has 8 heteroatoms. The van der Waals surface area contributed by atoms with Gasteiger partial charge in [0.05, 0.1) is 17.1 Å². The third kappa shape index (κ3) is 3.22. The third-order valence-corrected chi connectivity index (χ3v) is 5.93. The highest BCUT2D eigenvalue weighted by Crippen LogP contribution is 2.45. The number of hydrogen-bond donors (Lipinski definition) is 1. The number of hydrogen-bond acceptors (Lipinski definition) is 5. The molecule has 2 aromatic rings. The summed E-state index contributed by atoms with van der Waals surface area (Å²) < 4.78 is 29.0. The summed E-state index contributed by atoms with van der Waals surface area (Å²) in [5, 5.41) is 5.97. The van der Waals surface area contributed by atoms with Crippen LogP contribution in [-0.4, -0.2) is 34.6 Å². The van der Waals surface area contributed by atoms with Crippen molar-refractivity contribution < 1.29 is 8.42 Å². The van der Waals surface area contributed by atoms with Gasteiger partial charge in [0.15, 0.2) is 0 Å². The minimum Gasteiger partial charge on any atom is -0.317 e. The lowest BCUT2D eigenvalue weighted by Crippen LogP contribution is -2.37. The van der Waals surface area contributed by atoms with Gasteiger partial charge in [0.2, 0.25) is 0 Å². The quantitative estimate of drug-likeness (QED) is 0.770. The van der Waals surface area contributed by atoms with E-state index in [1.807, 2.05) is 12.1 Å². The Balaban J connectivity index is 1.96. The number of nitrogens with zero attached hydrogens (tertiary/aromatic N) is 3. The Morgan fingerprint density at radius 2 is 1.68 bits per heavy atom. The first-order valence-electron chi connectivity index (χ1n) is 8.03. The minimum atomic E-state index is -3.76. The number of benzene rings is 2. The van der Waals surface area contributed by atoms with Crippen molar-refractivity contribution in [2.45, 2.75) is 12.5 Å². The van der Waals surface area contributed by atoms with E-state index in [1.54, 1.807) is 49.5 Å². The maximum absolute atomic E-state index is 13.1. The van der Waals surface area contributed by atoms with Gasteiger partial charge in [-0.1, -0.05) is 35.5 Å². The zero-order valence-corrected chi connectivity index (χ0v) is 14.7. The predicted molar refractivity (Wildman–Crippen MR) is 99.4 cm³/mol. The van der Waals surface area contributed by atoms with E-state index in [-0.39, 0.29) is 6.54 Å². The number of nitrogens with one attached hydrogen (secondary N) is 1. The number of anilines is 3. The van der Waals surface area contributed by atoms with Crippen molar-refractivity contribution in [1.29, 1.82) is 0 Å². The van der Waals surface area contributed by atoms with Crippen LogP contribution < -0.4 is 13.9 Å². The Hall–Kier alpha value is -2.45. The summed E-state index contributed by atoms with van der Waals surface area (Å²) in [5.74, 6) is 0. The van der Waals surface area contributed by atoms with E-state index in [2.05, 4.69) is 10.5 Å². The predicted octanol–water partition coefficient (Wildman–Crippen LogP) is 2.63. The summed E-state index contributed by atoms with van der Waals surface area (Å²) in [6.45, 7) is 0.613. The van der Waals surface area contributed by atoms with Gasteiger partial charge in [-0.15, -0.1) is 0 Å². The third-order valence-electron chi connectivity index (χ3n) is 4.12. The van der Waals surface area contributed by atoms with Gasteiger partial charge in [0, 0.05) is 13.1 Å². The van der Waals surface area contributed by atoms with Crippen LogP contribution in [0.25, 0.3) is 0 Å². The normalized spacial score (nSPS) is 16.5. The average molecular weight is 360 g/mol. The molecule has 0 spiro atoms. The monoisotopic (exact) mass is 360 g/mol. The molecule has 25 heavy (non-hydrogen) atoms. The van der Waals surface area contributed by atoms with Crippen LogP contribution in [0.1, 0.15) is 6.42 Å². The topological polar surface area (TPSA) is 82.1 Å². The first-order chi connectivity index (χ1) is 12.1. The minimum absolute atomic E-state index is 0.195. The molecular formula is C17H20N4O3S. The molecule has 0 bridgehead atoms. The molecule has 0 fully saturated rings. The van der Waals surface area contributed by atoms with Gasteiger partial charge in [-0.3, -0.25) is 4.31 Å². The fourth-order valence-electron chi connectivity index (χ4n) is 2.96. The summed E-state index contributed by atoms with van der Waals surface area (Å²) in [7, 11) is -2.02. The summed E-state index contributed by atoms with van der Waals surface area (Å²) >= 11 is 0. The van der Waals surface area contributed by atoms with Crippen molar-refractivity contribution in [3.05, 3.63) is 59.5 Å². The Morgan fingerprint density at radius 1 is 1.04 bits per heavy atom. The van der Waals surface area contributed by atoms with E-state index in [0.29, 0.717) is 30.0 Å². The van der Waals surface area contributed by atoms with E-state index < -0.39 is 16.3 Å². The fraction of sp³-hybridized carbons (Fsp3) is 0.294. The molecular weight excluding hydrogens is 340 g/mol. The zero-order valence-electron chi connectivity index (χ0n) is 13.9. The largest absolute Gasteiger partial charge is 0.330 e. The Kier molecular flexibility index (Phi) is 5.00. The van der Waals surface area contributed by atoms with Crippen LogP contribution in [0.5, 0.6) is 0 Å². The standard InChI is InChI=1S/C17H20N4O3S/c1-18-13-14(19-22)11-12-20-16-9-5-6-10-17(16)21(25(20,23)24)15-7-3-2-4-8-15/h2-10,14,18H,11-13H2,1H3. The highest BCUT2D eigenvalue weighted by molar-refractivity contribution is 7.95. The lowest BCUT2D eigenvalue weighted by molar-refractivity contribution is 0.567. The highest BCUT2D eigenvalue weighted by atomic mass is 32.2. The molecule has 0 amide bonds. The van der Waals surface area contributed by atoms with Crippen LogP contribution in [0.4, 0.5) is 17.1 Å². The van der Waals surface area contributed by atoms with Crippen LogP contribution in [0.15, 0.2) is 59.8 Å². The van der Waals surface area contributed by atoms with Crippen LogP contribution in [0.2, 0.25) is 0 Å². The molecule has 7 nitrogen and oxygen atoms in total. The van der Waals surface area contributed by atoms with Gasteiger partial charge < -0.3 is 5.32 Å². The van der Waals surface area contributed by atoms with Crippen molar-refractivity contribution in [1.82, 2.24) is 5.32 Å². The van der Waals surface area contributed by atoms with E-state index in [4.69, 9.17) is 0 Å². The van der Waals surface area contributed by atoms with E-state index >= 15 is 0 Å². The number of para-hydroxylation sites is 3. The molecule has 3 rings (SSSR count). The molecule has 1 heterocycles. The SMILES string of the molecule is CNCC(CCN1c2ccccc2N(c2ccccc2)S1(=O)=O)N=O. The van der Waals surface area contributed by atoms with Gasteiger partial charge >= 0.3 is 10.2 Å². The lowest BCUT2D eigenvalue weighted by atomic mass is 10.2. The molecule has 1 atom stereocenters. The molecule has 1 N–H and O–H groups in total. The van der Waals surface area contributed by atoms with Gasteiger partial charge in [0.1, 0.15) is 6.04 Å². The second-order valence-electron chi connectivity index (χ2n) is 5.77. The fourth-order valence-corrected chi connectivity index (χ4v) is 4.69. The van der Waals surface area contributed by atoms with Crippen molar-refractivity contribution in [2.24, 2.45) is 5.18 Å². The summed E-state index contributed by atoms with van der Waals surface area (Å²) in [4.78, 5) is 10.9. The molecule has 0 aliphatic carbocycles. The maximum Gasteiger partial charge on any atom is 0.330 e. The average Bonchev–Trinajstić information content (AvgIpc) is 2.85. The van der Waals surface area contributed by atoms with Crippen molar-refractivity contribution in [3.63, 3.8) is 0 Å². The first kappa shape index (κ1) is 17.4. The summed E-state index contributed by atoms with van der Waals surface area (Å²) in [6.07, 6.45) is 0.348. The van der Waals surface area contributed by atoms with Crippen LogP contribution in [0.3, 0.4) is 0 Å². The number of rotatable bonds is 7. The van der Waals surface area contributed by atoms with E-state index in [0.717, 1.165) is 0 Å². The second-order valence-corrected chi connectivity index (χ2v) is 7.48. The summed E-state index contributed by atoms with van der Waals surface area (Å²) in [6, 6.07) is 15.7. The molecule has 132 valence electrons. The molecule has 2 aromatic carbocycles. The Labute approximate surface area is 147 Å². The number of nitroso groups, excluding NO2 is 1. The summed E-state index contributed by atoms with van der Waals surface area (Å²) in [5.41, 5.74) is 1.80. The van der Waals surface area contributed by atoms with Gasteiger partial charge in [-0.25, -0.2) is 4.31 Å². The van der Waals surface area contributed by atoms with Crippen molar-refractivity contribution in [2.75, 3.05) is 28.7 Å². The maximum atomic E-state index is 13.1. The number of fused-ring (bicyclic) bond motifs is 1. The van der Waals surface area contributed by atoms with Gasteiger partial charge in [0.25, 0.3) is 0 Å². The van der Waals surface area contributed by atoms with Crippen LogP contribution in [0, 0.1) is 4.91 Å². The Morgan fingerprint density at radius 3 is 2.32 bits per heavy atom. The molecule has 0 radical (unpaired) electrons. The van der Waals surface area contributed by atoms with Gasteiger partial charge in [-0.05, 0) is 37.7 Å².